The van der Waals surface area contributed by atoms with Gasteiger partial charge in [-0.1, -0.05) is 43.1 Å². The monoisotopic (exact) mass is 415 g/mol. The molecule has 0 spiro atoms. The molecule has 2 rings (SSSR count). The number of hydrogen-bond acceptors (Lipinski definition) is 5. The number of aliphatic carboxylic acids is 1. The number of thiazole rings is 1. The quantitative estimate of drug-likeness (QED) is 0.651. The van der Waals surface area contributed by atoms with Gasteiger partial charge in [-0.2, -0.15) is 0 Å². The standard InChI is InChI=1S/C18H23Cl2N3O2S/c1-10(2)7-15-16(11-5-6-12(19)13(20)8-11)22-18(26-15)21-9-14(17(24)25)23(3)4/h5-6,8,10,14H,7,9H2,1-4H3,(H,21,22)(H,24,25). The zero-order valence-electron chi connectivity index (χ0n) is 15.2. The Morgan fingerprint density at radius 1 is 1.31 bits per heavy atom. The van der Waals surface area contributed by atoms with Gasteiger partial charge in [0.1, 0.15) is 6.04 Å². The van der Waals surface area contributed by atoms with Gasteiger partial charge in [0.15, 0.2) is 5.13 Å². The molecule has 0 aliphatic rings. The summed E-state index contributed by atoms with van der Waals surface area (Å²) in [6.07, 6.45) is 0.880. The Morgan fingerprint density at radius 2 is 2.00 bits per heavy atom. The van der Waals surface area contributed by atoms with Crippen LogP contribution in [0.2, 0.25) is 10.0 Å². The summed E-state index contributed by atoms with van der Waals surface area (Å²) in [5.74, 6) is -0.399. The van der Waals surface area contributed by atoms with Crippen LogP contribution in [-0.2, 0) is 11.2 Å². The largest absolute Gasteiger partial charge is 0.480 e. The van der Waals surface area contributed by atoms with Crippen molar-refractivity contribution in [2.24, 2.45) is 5.92 Å². The number of anilines is 1. The highest BCUT2D eigenvalue weighted by Crippen LogP contribution is 2.35. The number of carboxylic acid groups (broad SMARTS) is 1. The fourth-order valence-electron chi connectivity index (χ4n) is 2.48. The summed E-state index contributed by atoms with van der Waals surface area (Å²) in [5.41, 5.74) is 1.77. The highest BCUT2D eigenvalue weighted by Gasteiger charge is 2.21. The number of carboxylic acids is 1. The van der Waals surface area contributed by atoms with Crippen molar-refractivity contribution in [3.63, 3.8) is 0 Å². The lowest BCUT2D eigenvalue weighted by atomic mass is 10.0. The summed E-state index contributed by atoms with van der Waals surface area (Å²) in [6, 6.07) is 4.85. The highest BCUT2D eigenvalue weighted by atomic mass is 35.5. The van der Waals surface area contributed by atoms with Crippen LogP contribution in [0.4, 0.5) is 5.13 Å². The van der Waals surface area contributed by atoms with Crippen LogP contribution < -0.4 is 5.32 Å². The van der Waals surface area contributed by atoms with E-state index in [1.165, 1.54) is 0 Å². The average molecular weight is 416 g/mol. The molecule has 1 aromatic heterocycles. The lowest BCUT2D eigenvalue weighted by molar-refractivity contribution is -0.141. The third-order valence-corrected chi connectivity index (χ3v) is 5.61. The molecule has 0 radical (unpaired) electrons. The van der Waals surface area contributed by atoms with Gasteiger partial charge in [-0.05, 0) is 38.6 Å². The maximum Gasteiger partial charge on any atom is 0.322 e. The van der Waals surface area contributed by atoms with Crippen molar-refractivity contribution in [1.82, 2.24) is 9.88 Å². The molecule has 1 aromatic carbocycles. The first-order chi connectivity index (χ1) is 12.2. The number of nitrogens with one attached hydrogen (secondary N) is 1. The van der Waals surface area contributed by atoms with Crippen molar-refractivity contribution in [3.8, 4) is 11.3 Å². The molecule has 1 heterocycles. The topological polar surface area (TPSA) is 65.5 Å². The van der Waals surface area contributed by atoms with E-state index in [0.717, 1.165) is 22.6 Å². The Labute approximate surface area is 168 Å². The summed E-state index contributed by atoms with van der Waals surface area (Å²) in [5, 5.41) is 14.2. The summed E-state index contributed by atoms with van der Waals surface area (Å²) in [7, 11) is 3.49. The van der Waals surface area contributed by atoms with Crippen LogP contribution in [0.25, 0.3) is 11.3 Å². The number of benzene rings is 1. The smallest absolute Gasteiger partial charge is 0.322 e. The minimum atomic E-state index is -0.869. The first-order valence-corrected chi connectivity index (χ1v) is 9.84. The number of rotatable bonds is 8. The molecule has 0 bridgehead atoms. The van der Waals surface area contributed by atoms with Gasteiger partial charge in [-0.3, -0.25) is 9.69 Å². The normalized spacial score (nSPS) is 12.6. The van der Waals surface area contributed by atoms with Crippen LogP contribution in [0.5, 0.6) is 0 Å². The summed E-state index contributed by atoms with van der Waals surface area (Å²) in [6.45, 7) is 4.58. The van der Waals surface area contributed by atoms with E-state index in [-0.39, 0.29) is 6.54 Å². The second kappa shape index (κ2) is 9.04. The molecule has 0 saturated heterocycles. The van der Waals surface area contributed by atoms with Gasteiger partial charge < -0.3 is 10.4 Å². The third-order valence-electron chi connectivity index (χ3n) is 3.84. The molecule has 0 aliphatic carbocycles. The molecule has 142 valence electrons. The highest BCUT2D eigenvalue weighted by molar-refractivity contribution is 7.16. The van der Waals surface area contributed by atoms with Gasteiger partial charge in [0.2, 0.25) is 0 Å². The number of likely N-dealkylation sites (N-methyl/N-ethyl adjacent to an activating group) is 1. The zero-order valence-corrected chi connectivity index (χ0v) is 17.5. The van der Waals surface area contributed by atoms with E-state index in [1.54, 1.807) is 36.4 Å². The number of carbonyl (C=O) groups is 1. The van der Waals surface area contributed by atoms with E-state index in [1.807, 2.05) is 12.1 Å². The molecule has 0 fully saturated rings. The lowest BCUT2D eigenvalue weighted by Gasteiger charge is -2.19. The average Bonchev–Trinajstić information content (AvgIpc) is 2.91. The van der Waals surface area contributed by atoms with Crippen molar-refractivity contribution >= 4 is 45.6 Å². The zero-order chi connectivity index (χ0) is 19.4. The van der Waals surface area contributed by atoms with Crippen molar-refractivity contribution in [1.29, 1.82) is 0 Å². The molecule has 1 atom stereocenters. The SMILES string of the molecule is CC(C)Cc1sc(NCC(C(=O)O)N(C)C)nc1-c1ccc(Cl)c(Cl)c1. The molecular weight excluding hydrogens is 393 g/mol. The molecule has 0 saturated carbocycles. The van der Waals surface area contributed by atoms with Crippen molar-refractivity contribution in [3.05, 3.63) is 33.1 Å². The van der Waals surface area contributed by atoms with Crippen molar-refractivity contribution in [2.45, 2.75) is 26.3 Å². The second-order valence-corrected chi connectivity index (χ2v) is 8.61. The molecule has 2 aromatic rings. The predicted octanol–water partition coefficient (Wildman–Crippen LogP) is 4.74. The number of halogens is 2. The molecule has 5 nitrogen and oxygen atoms in total. The Balaban J connectivity index is 2.30. The maximum absolute atomic E-state index is 11.3. The van der Waals surface area contributed by atoms with E-state index in [4.69, 9.17) is 23.2 Å². The van der Waals surface area contributed by atoms with Crippen LogP contribution in [0.15, 0.2) is 18.2 Å². The Kier molecular flexibility index (Phi) is 7.29. The Bertz CT molecular complexity index is 778. The summed E-state index contributed by atoms with van der Waals surface area (Å²) in [4.78, 5) is 18.8. The Morgan fingerprint density at radius 3 is 2.54 bits per heavy atom. The van der Waals surface area contributed by atoms with Crippen LogP contribution in [0, 0.1) is 5.92 Å². The number of aromatic nitrogens is 1. The Hall–Kier alpha value is -1.34. The van der Waals surface area contributed by atoms with Crippen LogP contribution in [-0.4, -0.2) is 47.6 Å². The first kappa shape index (κ1) is 21.0. The summed E-state index contributed by atoms with van der Waals surface area (Å²) < 4.78 is 0. The number of nitrogens with zero attached hydrogens (tertiary/aromatic N) is 2. The molecule has 1 unspecified atom stereocenters. The second-order valence-electron chi connectivity index (χ2n) is 6.72. The van der Waals surface area contributed by atoms with E-state index < -0.39 is 12.0 Å². The number of hydrogen-bond donors (Lipinski definition) is 2. The fraction of sp³-hybridized carbons (Fsp3) is 0.444. The van der Waals surface area contributed by atoms with Crippen molar-refractivity contribution in [2.75, 3.05) is 26.0 Å². The minimum Gasteiger partial charge on any atom is -0.480 e. The van der Waals surface area contributed by atoms with Crippen molar-refractivity contribution < 1.29 is 9.90 Å². The molecule has 0 aliphatic heterocycles. The maximum atomic E-state index is 11.3. The van der Waals surface area contributed by atoms with Gasteiger partial charge in [-0.25, -0.2) is 4.98 Å². The van der Waals surface area contributed by atoms with Gasteiger partial charge in [0.25, 0.3) is 0 Å². The van der Waals surface area contributed by atoms with E-state index >= 15 is 0 Å². The van der Waals surface area contributed by atoms with E-state index in [2.05, 4.69) is 24.1 Å². The van der Waals surface area contributed by atoms with Crippen LogP contribution in [0.3, 0.4) is 0 Å². The van der Waals surface area contributed by atoms with Crippen LogP contribution in [0.1, 0.15) is 18.7 Å². The lowest BCUT2D eigenvalue weighted by Crippen LogP contribution is -2.41. The van der Waals surface area contributed by atoms with Gasteiger partial charge >= 0.3 is 5.97 Å². The molecule has 8 heteroatoms. The fourth-order valence-corrected chi connectivity index (χ4v) is 3.98. The van der Waals surface area contributed by atoms with E-state index in [9.17, 15) is 9.90 Å². The summed E-state index contributed by atoms with van der Waals surface area (Å²) >= 11 is 13.7. The van der Waals surface area contributed by atoms with Gasteiger partial charge in [0.05, 0.1) is 15.7 Å². The molecule has 2 N–H and O–H groups in total. The minimum absolute atomic E-state index is 0.276. The molecule has 0 amide bonds. The van der Waals surface area contributed by atoms with E-state index in [0.29, 0.717) is 21.1 Å². The molecule has 26 heavy (non-hydrogen) atoms. The third kappa shape index (κ3) is 5.33. The van der Waals surface area contributed by atoms with Gasteiger partial charge in [0, 0.05) is 17.0 Å². The van der Waals surface area contributed by atoms with Crippen LogP contribution >= 0.6 is 34.5 Å². The predicted molar refractivity (Wildman–Crippen MR) is 110 cm³/mol. The molecular formula is C18H23Cl2N3O2S. The van der Waals surface area contributed by atoms with Gasteiger partial charge in [-0.15, -0.1) is 11.3 Å². The first-order valence-electron chi connectivity index (χ1n) is 8.27.